The van der Waals surface area contributed by atoms with Crippen molar-refractivity contribution in [3.63, 3.8) is 0 Å². The summed E-state index contributed by atoms with van der Waals surface area (Å²) in [6, 6.07) is 0. The molecule has 0 spiro atoms. The van der Waals surface area contributed by atoms with Crippen LogP contribution >= 0.6 is 0 Å². The Morgan fingerprint density at radius 2 is 1.94 bits per heavy atom. The van der Waals surface area contributed by atoms with E-state index >= 15 is 0 Å². The normalized spacial score (nSPS) is 10.4. The van der Waals surface area contributed by atoms with Gasteiger partial charge < -0.3 is 16.4 Å². The highest BCUT2D eigenvalue weighted by molar-refractivity contribution is 5.97. The summed E-state index contributed by atoms with van der Waals surface area (Å²) in [5.41, 5.74) is 7.16. The van der Waals surface area contributed by atoms with Gasteiger partial charge in [-0.25, -0.2) is 0 Å². The van der Waals surface area contributed by atoms with Crippen LogP contribution in [0.2, 0.25) is 0 Å². The molecule has 0 aliphatic carbocycles. The summed E-state index contributed by atoms with van der Waals surface area (Å²) >= 11 is 0. The van der Waals surface area contributed by atoms with Crippen LogP contribution in [0.15, 0.2) is 0 Å². The molecule has 5 N–H and O–H groups in total. The third-order valence-electron chi connectivity index (χ3n) is 2.41. The van der Waals surface area contributed by atoms with Crippen LogP contribution in [-0.2, 0) is 4.79 Å². The Hall–Kier alpha value is -2.05. The number of aromatic nitrogens is 2. The first-order chi connectivity index (χ1) is 8.43. The van der Waals surface area contributed by atoms with Gasteiger partial charge in [0.25, 0.3) is 5.91 Å². The minimum absolute atomic E-state index is 0.134. The number of hydrogen-bond donors (Lipinski definition) is 4. The fraction of sp³-hybridized carbons (Fsp3) is 0.545. The summed E-state index contributed by atoms with van der Waals surface area (Å²) < 4.78 is 0. The number of nitrogen functional groups attached to an aromatic ring is 1. The zero-order valence-corrected chi connectivity index (χ0v) is 10.8. The van der Waals surface area contributed by atoms with E-state index in [-0.39, 0.29) is 23.4 Å². The topological polar surface area (TPSA) is 113 Å². The minimum Gasteiger partial charge on any atom is -0.395 e. The molecule has 7 nitrogen and oxygen atoms in total. The van der Waals surface area contributed by atoms with Crippen molar-refractivity contribution < 1.29 is 9.59 Å². The molecule has 0 unspecified atom stereocenters. The van der Waals surface area contributed by atoms with Crippen LogP contribution in [0.25, 0.3) is 0 Å². The molecule has 0 bridgehead atoms. The molecule has 7 heteroatoms. The van der Waals surface area contributed by atoms with Crippen molar-refractivity contribution >= 4 is 17.5 Å². The van der Waals surface area contributed by atoms with Crippen LogP contribution in [0, 0.1) is 0 Å². The highest BCUT2D eigenvalue weighted by Gasteiger charge is 2.18. The average Bonchev–Trinajstić information content (AvgIpc) is 2.66. The number of nitrogens with zero attached hydrogens (tertiary/aromatic N) is 1. The van der Waals surface area contributed by atoms with E-state index in [0.717, 1.165) is 5.69 Å². The van der Waals surface area contributed by atoms with Gasteiger partial charge >= 0.3 is 0 Å². The lowest BCUT2D eigenvalue weighted by Crippen LogP contribution is -2.34. The predicted molar refractivity (Wildman–Crippen MR) is 68.1 cm³/mol. The summed E-state index contributed by atoms with van der Waals surface area (Å²) in [6.07, 6.45) is 0. The number of H-pyrrole nitrogens is 1. The molecule has 0 aliphatic heterocycles. The molecule has 18 heavy (non-hydrogen) atoms. The van der Waals surface area contributed by atoms with Crippen LogP contribution in [0.4, 0.5) is 5.69 Å². The molecule has 1 heterocycles. The monoisotopic (exact) mass is 253 g/mol. The maximum absolute atomic E-state index is 11.8. The fourth-order valence-corrected chi connectivity index (χ4v) is 1.48. The quantitative estimate of drug-likeness (QED) is 0.552. The van der Waals surface area contributed by atoms with Crippen molar-refractivity contribution in [2.24, 2.45) is 0 Å². The second kappa shape index (κ2) is 6.04. The highest BCUT2D eigenvalue weighted by Crippen LogP contribution is 2.21. The lowest BCUT2D eigenvalue weighted by Gasteiger charge is -2.05. The van der Waals surface area contributed by atoms with E-state index < -0.39 is 0 Å². The van der Waals surface area contributed by atoms with Crippen molar-refractivity contribution in [2.45, 2.75) is 26.7 Å². The number of nitrogens with two attached hydrogens (primary N) is 1. The van der Waals surface area contributed by atoms with E-state index in [0.29, 0.717) is 18.8 Å². The Kier molecular flexibility index (Phi) is 4.70. The van der Waals surface area contributed by atoms with Crippen LogP contribution in [0.3, 0.4) is 0 Å². The van der Waals surface area contributed by atoms with Crippen molar-refractivity contribution in [3.8, 4) is 0 Å². The second-order valence-electron chi connectivity index (χ2n) is 4.29. The summed E-state index contributed by atoms with van der Waals surface area (Å²) in [6.45, 7) is 6.05. The molecule has 1 aromatic heterocycles. The summed E-state index contributed by atoms with van der Waals surface area (Å²) in [5, 5.41) is 11.9. The lowest BCUT2D eigenvalue weighted by atomic mass is 10.1. The lowest BCUT2D eigenvalue weighted by molar-refractivity contribution is -0.118. The molecule has 0 aliphatic rings. The molecular formula is C11H19N5O2. The standard InChI is InChI=1S/C11H19N5O2/c1-6(2)9-8(12)10(16-15-9)11(18)14-5-4-13-7(3)17/h6H,4-5,12H2,1-3H3,(H,13,17)(H,14,18)(H,15,16). The number of rotatable bonds is 5. The maximum atomic E-state index is 11.8. The van der Waals surface area contributed by atoms with Gasteiger partial charge in [-0.2, -0.15) is 5.10 Å². The summed E-state index contributed by atoms with van der Waals surface area (Å²) in [5.74, 6) is -0.301. The van der Waals surface area contributed by atoms with Gasteiger partial charge in [-0.1, -0.05) is 13.8 Å². The number of nitrogens with one attached hydrogen (secondary N) is 3. The maximum Gasteiger partial charge on any atom is 0.274 e. The first kappa shape index (κ1) is 14.0. The number of amides is 2. The van der Waals surface area contributed by atoms with Crippen LogP contribution in [0.5, 0.6) is 0 Å². The molecule has 0 aromatic carbocycles. The van der Waals surface area contributed by atoms with Crippen LogP contribution in [0.1, 0.15) is 42.9 Å². The van der Waals surface area contributed by atoms with E-state index in [1.807, 2.05) is 13.8 Å². The van der Waals surface area contributed by atoms with E-state index in [1.165, 1.54) is 6.92 Å². The largest absolute Gasteiger partial charge is 0.395 e. The average molecular weight is 253 g/mol. The number of hydrogen-bond acceptors (Lipinski definition) is 4. The van der Waals surface area contributed by atoms with Gasteiger partial charge in [-0.15, -0.1) is 0 Å². The van der Waals surface area contributed by atoms with E-state index in [9.17, 15) is 9.59 Å². The second-order valence-corrected chi connectivity index (χ2v) is 4.29. The molecule has 1 rings (SSSR count). The smallest absolute Gasteiger partial charge is 0.274 e. The summed E-state index contributed by atoms with van der Waals surface area (Å²) in [7, 11) is 0. The molecule has 0 saturated heterocycles. The molecule has 0 radical (unpaired) electrons. The number of carbonyl (C=O) groups excluding carboxylic acids is 2. The van der Waals surface area contributed by atoms with Gasteiger partial charge in [0.1, 0.15) is 0 Å². The van der Waals surface area contributed by atoms with Crippen molar-refractivity contribution in [1.82, 2.24) is 20.8 Å². The summed E-state index contributed by atoms with van der Waals surface area (Å²) in [4.78, 5) is 22.4. The van der Waals surface area contributed by atoms with Crippen LogP contribution < -0.4 is 16.4 Å². The Balaban J connectivity index is 2.54. The minimum atomic E-state index is -0.346. The molecule has 100 valence electrons. The Morgan fingerprint density at radius 1 is 1.33 bits per heavy atom. The molecule has 2 amide bonds. The van der Waals surface area contributed by atoms with Gasteiger partial charge in [0, 0.05) is 20.0 Å². The van der Waals surface area contributed by atoms with Crippen molar-refractivity contribution in [1.29, 1.82) is 0 Å². The highest BCUT2D eigenvalue weighted by atomic mass is 16.2. The SMILES string of the molecule is CC(=O)NCCNC(=O)c1n[nH]c(C(C)C)c1N. The number of aromatic amines is 1. The third kappa shape index (κ3) is 3.47. The fourth-order valence-electron chi connectivity index (χ4n) is 1.48. The molecule has 0 saturated carbocycles. The van der Waals surface area contributed by atoms with E-state index in [1.54, 1.807) is 0 Å². The Bertz CT molecular complexity index is 439. The van der Waals surface area contributed by atoms with Crippen molar-refractivity contribution in [2.75, 3.05) is 18.8 Å². The van der Waals surface area contributed by atoms with Crippen molar-refractivity contribution in [3.05, 3.63) is 11.4 Å². The Labute approximate surface area is 106 Å². The number of carbonyl (C=O) groups is 2. The molecule has 0 fully saturated rings. The van der Waals surface area contributed by atoms with Gasteiger partial charge in [0.05, 0.1) is 11.4 Å². The zero-order valence-electron chi connectivity index (χ0n) is 10.8. The van der Waals surface area contributed by atoms with Gasteiger partial charge in [0.2, 0.25) is 5.91 Å². The third-order valence-corrected chi connectivity index (χ3v) is 2.41. The van der Waals surface area contributed by atoms with E-state index in [4.69, 9.17) is 5.73 Å². The molecule has 1 aromatic rings. The van der Waals surface area contributed by atoms with Gasteiger partial charge in [0.15, 0.2) is 5.69 Å². The molecule has 0 atom stereocenters. The number of anilines is 1. The first-order valence-corrected chi connectivity index (χ1v) is 5.79. The zero-order chi connectivity index (χ0) is 13.7. The van der Waals surface area contributed by atoms with Gasteiger partial charge in [-0.05, 0) is 5.92 Å². The van der Waals surface area contributed by atoms with E-state index in [2.05, 4.69) is 20.8 Å². The predicted octanol–water partition coefficient (Wildman–Crippen LogP) is -0.0188. The van der Waals surface area contributed by atoms with Crippen LogP contribution in [-0.4, -0.2) is 35.1 Å². The Morgan fingerprint density at radius 3 is 2.44 bits per heavy atom. The van der Waals surface area contributed by atoms with Gasteiger partial charge in [-0.3, -0.25) is 14.7 Å². The first-order valence-electron chi connectivity index (χ1n) is 5.79. The molecular weight excluding hydrogens is 234 g/mol.